The Morgan fingerprint density at radius 1 is 1.09 bits per heavy atom. The van der Waals surface area contributed by atoms with Crippen LogP contribution in [-0.2, 0) is 11.3 Å². The van der Waals surface area contributed by atoms with Gasteiger partial charge in [0.25, 0.3) is 0 Å². The zero-order valence-electron chi connectivity index (χ0n) is 13.0. The number of hydrogen-bond acceptors (Lipinski definition) is 4. The molecule has 0 saturated heterocycles. The number of anilines is 1. The fourth-order valence-corrected chi connectivity index (χ4v) is 2.39. The van der Waals surface area contributed by atoms with E-state index < -0.39 is 0 Å². The Bertz CT molecular complexity index is 673. The van der Waals surface area contributed by atoms with Gasteiger partial charge in [-0.3, -0.25) is 4.79 Å². The quantitative estimate of drug-likeness (QED) is 0.891. The number of benzene rings is 2. The van der Waals surface area contributed by atoms with Gasteiger partial charge in [-0.25, -0.2) is 0 Å². The van der Waals surface area contributed by atoms with Crippen LogP contribution in [0.1, 0.15) is 12.5 Å². The normalized spacial score (nSPS) is 14.0. The first-order chi connectivity index (χ1) is 11.2. The fourth-order valence-electron chi connectivity index (χ4n) is 2.39. The third-order valence-corrected chi connectivity index (χ3v) is 3.63. The minimum Gasteiger partial charge on any atom is -0.486 e. The molecule has 1 aliphatic heterocycles. The first kappa shape index (κ1) is 15.2. The van der Waals surface area contributed by atoms with Crippen LogP contribution in [0.5, 0.6) is 11.5 Å². The lowest BCUT2D eigenvalue weighted by Gasteiger charge is -2.20. The predicted octanol–water partition coefficient (Wildman–Crippen LogP) is 2.57. The Labute approximate surface area is 135 Å². The van der Waals surface area contributed by atoms with Crippen LogP contribution >= 0.6 is 0 Å². The van der Waals surface area contributed by atoms with Gasteiger partial charge in [-0.15, -0.1) is 0 Å². The van der Waals surface area contributed by atoms with Gasteiger partial charge in [-0.1, -0.05) is 30.3 Å². The first-order valence-corrected chi connectivity index (χ1v) is 7.70. The Balaban J connectivity index is 1.55. The number of hydrogen-bond donors (Lipinski definition) is 2. The van der Waals surface area contributed by atoms with Crippen LogP contribution in [0.25, 0.3) is 0 Å². The molecule has 2 aromatic carbocycles. The maximum Gasteiger partial charge on any atom is 0.242 e. The fraction of sp³-hybridized carbons (Fsp3) is 0.278. The van der Waals surface area contributed by atoms with Gasteiger partial charge < -0.3 is 20.1 Å². The Morgan fingerprint density at radius 3 is 2.61 bits per heavy atom. The van der Waals surface area contributed by atoms with Crippen LogP contribution in [-0.4, -0.2) is 25.2 Å². The summed E-state index contributed by atoms with van der Waals surface area (Å²) in [5.74, 6) is 1.39. The van der Waals surface area contributed by atoms with Crippen LogP contribution < -0.4 is 20.1 Å². The monoisotopic (exact) mass is 312 g/mol. The van der Waals surface area contributed by atoms with Crippen LogP contribution in [0.3, 0.4) is 0 Å². The van der Waals surface area contributed by atoms with Crippen LogP contribution in [0.4, 0.5) is 5.69 Å². The van der Waals surface area contributed by atoms with E-state index >= 15 is 0 Å². The Kier molecular flexibility index (Phi) is 4.66. The summed E-state index contributed by atoms with van der Waals surface area (Å²) in [4.78, 5) is 12.2. The third kappa shape index (κ3) is 3.94. The molecule has 0 radical (unpaired) electrons. The van der Waals surface area contributed by atoms with Crippen molar-refractivity contribution in [2.75, 3.05) is 18.5 Å². The maximum atomic E-state index is 12.2. The van der Waals surface area contributed by atoms with Crippen LogP contribution in [0, 0.1) is 0 Å². The van der Waals surface area contributed by atoms with E-state index in [9.17, 15) is 4.79 Å². The molecule has 1 amide bonds. The molecule has 23 heavy (non-hydrogen) atoms. The zero-order chi connectivity index (χ0) is 16.1. The molecule has 5 heteroatoms. The molecule has 5 nitrogen and oxygen atoms in total. The second kappa shape index (κ2) is 7.05. The highest BCUT2D eigenvalue weighted by Crippen LogP contribution is 2.32. The summed E-state index contributed by atoms with van der Waals surface area (Å²) in [5.41, 5.74) is 1.91. The van der Waals surface area contributed by atoms with Crippen molar-refractivity contribution in [3.63, 3.8) is 0 Å². The summed E-state index contributed by atoms with van der Waals surface area (Å²) in [7, 11) is 0. The van der Waals surface area contributed by atoms with Crippen molar-refractivity contribution in [1.82, 2.24) is 5.32 Å². The van der Waals surface area contributed by atoms with Gasteiger partial charge in [0, 0.05) is 18.3 Å². The highest BCUT2D eigenvalue weighted by molar-refractivity contribution is 5.84. The predicted molar refractivity (Wildman–Crippen MR) is 88.8 cm³/mol. The van der Waals surface area contributed by atoms with Gasteiger partial charge in [-0.2, -0.15) is 0 Å². The first-order valence-electron chi connectivity index (χ1n) is 7.70. The van der Waals surface area contributed by atoms with Crippen molar-refractivity contribution >= 4 is 11.6 Å². The maximum absolute atomic E-state index is 12.2. The molecule has 1 atom stereocenters. The minimum absolute atomic E-state index is 0.0521. The number of ether oxygens (including phenoxy) is 2. The van der Waals surface area contributed by atoms with Gasteiger partial charge in [0.1, 0.15) is 19.3 Å². The van der Waals surface area contributed by atoms with Crippen molar-refractivity contribution < 1.29 is 14.3 Å². The van der Waals surface area contributed by atoms with Crippen molar-refractivity contribution in [2.45, 2.75) is 19.5 Å². The number of nitrogens with one attached hydrogen (secondary N) is 2. The van der Waals surface area contributed by atoms with Crippen molar-refractivity contribution in [3.8, 4) is 11.5 Å². The molecular weight excluding hydrogens is 292 g/mol. The lowest BCUT2D eigenvalue weighted by Crippen LogP contribution is -2.37. The second-order valence-corrected chi connectivity index (χ2v) is 5.43. The zero-order valence-corrected chi connectivity index (χ0v) is 13.0. The SMILES string of the molecule is C[C@@H](Nc1ccc2c(c1)OCCO2)C(=O)NCc1ccccc1. The second-order valence-electron chi connectivity index (χ2n) is 5.43. The lowest BCUT2D eigenvalue weighted by atomic mass is 10.2. The molecule has 0 bridgehead atoms. The average Bonchev–Trinajstić information content (AvgIpc) is 2.60. The summed E-state index contributed by atoms with van der Waals surface area (Å²) < 4.78 is 11.0. The lowest BCUT2D eigenvalue weighted by molar-refractivity contribution is -0.121. The van der Waals surface area contributed by atoms with E-state index in [-0.39, 0.29) is 11.9 Å². The molecule has 0 unspecified atom stereocenters. The number of carbonyl (C=O) groups excluding carboxylic acids is 1. The summed E-state index contributed by atoms with van der Waals surface area (Å²) in [6, 6.07) is 15.1. The molecule has 1 heterocycles. The van der Waals surface area contributed by atoms with E-state index in [1.54, 1.807) is 0 Å². The number of amides is 1. The van der Waals surface area contributed by atoms with Crippen molar-refractivity contribution in [2.24, 2.45) is 0 Å². The average molecular weight is 312 g/mol. The van der Waals surface area contributed by atoms with Crippen molar-refractivity contribution in [1.29, 1.82) is 0 Å². The topological polar surface area (TPSA) is 59.6 Å². The standard InChI is InChI=1S/C18H20N2O3/c1-13(18(21)19-12-14-5-3-2-4-6-14)20-15-7-8-16-17(11-15)23-10-9-22-16/h2-8,11,13,20H,9-10,12H2,1H3,(H,19,21)/t13-/m1/s1. The molecular formula is C18H20N2O3. The van der Waals surface area contributed by atoms with Gasteiger partial charge in [0.2, 0.25) is 5.91 Å². The summed E-state index contributed by atoms with van der Waals surface area (Å²) >= 11 is 0. The molecule has 2 aromatic rings. The smallest absolute Gasteiger partial charge is 0.242 e. The van der Waals surface area contributed by atoms with E-state index in [1.807, 2.05) is 55.5 Å². The Morgan fingerprint density at radius 2 is 1.83 bits per heavy atom. The number of carbonyl (C=O) groups is 1. The van der Waals surface area contributed by atoms with Gasteiger partial charge in [0.15, 0.2) is 11.5 Å². The van der Waals surface area contributed by atoms with Crippen LogP contribution in [0.2, 0.25) is 0 Å². The third-order valence-electron chi connectivity index (χ3n) is 3.63. The van der Waals surface area contributed by atoms with E-state index in [0.717, 1.165) is 17.0 Å². The molecule has 0 fully saturated rings. The summed E-state index contributed by atoms with van der Waals surface area (Å²) in [6.45, 7) is 3.46. The largest absolute Gasteiger partial charge is 0.486 e. The minimum atomic E-state index is -0.346. The van der Waals surface area contributed by atoms with Crippen LogP contribution in [0.15, 0.2) is 48.5 Å². The van der Waals surface area contributed by atoms with E-state index in [4.69, 9.17) is 9.47 Å². The van der Waals surface area contributed by atoms with Gasteiger partial charge in [0.05, 0.1) is 0 Å². The van der Waals surface area contributed by atoms with Gasteiger partial charge >= 0.3 is 0 Å². The Hall–Kier alpha value is -2.69. The molecule has 1 aliphatic rings. The van der Waals surface area contributed by atoms with Crippen molar-refractivity contribution in [3.05, 3.63) is 54.1 Å². The molecule has 0 aromatic heterocycles. The summed E-state index contributed by atoms with van der Waals surface area (Å²) in [5, 5.41) is 6.10. The number of rotatable bonds is 5. The molecule has 0 spiro atoms. The van der Waals surface area contributed by atoms with Gasteiger partial charge in [-0.05, 0) is 24.6 Å². The molecule has 2 N–H and O–H groups in total. The highest BCUT2D eigenvalue weighted by atomic mass is 16.6. The van der Waals surface area contributed by atoms with E-state index in [2.05, 4.69) is 10.6 Å². The number of fused-ring (bicyclic) bond motifs is 1. The molecule has 120 valence electrons. The van der Waals surface area contributed by atoms with E-state index in [0.29, 0.717) is 25.5 Å². The van der Waals surface area contributed by atoms with E-state index in [1.165, 1.54) is 0 Å². The highest BCUT2D eigenvalue weighted by Gasteiger charge is 2.15. The molecule has 0 saturated carbocycles. The molecule has 0 aliphatic carbocycles. The summed E-state index contributed by atoms with van der Waals surface area (Å²) in [6.07, 6.45) is 0. The molecule has 3 rings (SSSR count).